The molecule has 0 aliphatic rings. The van der Waals surface area contributed by atoms with E-state index in [1.54, 1.807) is 0 Å². The van der Waals surface area contributed by atoms with E-state index in [-0.39, 0.29) is 25.1 Å². The zero-order valence-electron chi connectivity index (χ0n) is 8.27. The van der Waals surface area contributed by atoms with Crippen LogP contribution in [0.3, 0.4) is 0 Å². The van der Waals surface area contributed by atoms with Crippen LogP contribution in [0, 0.1) is 17.5 Å². The fourth-order valence-electron chi connectivity index (χ4n) is 1.12. The summed E-state index contributed by atoms with van der Waals surface area (Å²) in [7, 11) is 0. The SMILES string of the molecule is O=C(O)CCCNc1cc(F)c(F)cc1F. The molecule has 1 rings (SSSR count). The Labute approximate surface area is 89.9 Å². The van der Waals surface area contributed by atoms with Crippen LogP contribution in [-0.2, 0) is 4.79 Å². The standard InChI is InChI=1S/C10H10F3NO2/c11-6-4-8(13)9(5-7(6)12)14-3-1-2-10(15)16/h4-5,14H,1-3H2,(H,15,16). The molecule has 16 heavy (non-hydrogen) atoms. The van der Waals surface area contributed by atoms with Gasteiger partial charge in [-0.15, -0.1) is 0 Å². The Morgan fingerprint density at radius 2 is 1.81 bits per heavy atom. The molecule has 88 valence electrons. The largest absolute Gasteiger partial charge is 0.481 e. The number of hydrogen-bond acceptors (Lipinski definition) is 2. The molecule has 0 saturated carbocycles. The minimum absolute atomic E-state index is 0.0711. The van der Waals surface area contributed by atoms with Crippen molar-refractivity contribution in [1.29, 1.82) is 0 Å². The second-order valence-electron chi connectivity index (χ2n) is 3.17. The molecule has 3 nitrogen and oxygen atoms in total. The summed E-state index contributed by atoms with van der Waals surface area (Å²) in [6.07, 6.45) is 0.200. The zero-order chi connectivity index (χ0) is 12.1. The van der Waals surface area contributed by atoms with Crippen molar-refractivity contribution < 1.29 is 23.1 Å². The molecule has 0 heterocycles. The minimum Gasteiger partial charge on any atom is -0.481 e. The number of aliphatic carboxylic acids is 1. The van der Waals surface area contributed by atoms with E-state index in [1.807, 2.05) is 0 Å². The van der Waals surface area contributed by atoms with Gasteiger partial charge in [-0.05, 0) is 6.42 Å². The molecule has 0 aromatic heterocycles. The number of carboxylic acids is 1. The first-order valence-corrected chi connectivity index (χ1v) is 4.61. The maximum Gasteiger partial charge on any atom is 0.303 e. The van der Waals surface area contributed by atoms with E-state index >= 15 is 0 Å². The van der Waals surface area contributed by atoms with Crippen LogP contribution >= 0.6 is 0 Å². The molecule has 0 atom stereocenters. The van der Waals surface area contributed by atoms with E-state index < -0.39 is 23.4 Å². The lowest BCUT2D eigenvalue weighted by molar-refractivity contribution is -0.137. The summed E-state index contributed by atoms with van der Waals surface area (Å²) < 4.78 is 38.3. The third-order valence-corrected chi connectivity index (χ3v) is 1.89. The summed E-state index contributed by atoms with van der Waals surface area (Å²) in [6, 6.07) is 1.14. The first kappa shape index (κ1) is 12.4. The topological polar surface area (TPSA) is 49.3 Å². The van der Waals surface area contributed by atoms with Crippen LogP contribution in [0.5, 0.6) is 0 Å². The summed E-state index contributed by atoms with van der Waals surface area (Å²) in [4.78, 5) is 10.2. The van der Waals surface area contributed by atoms with Crippen LogP contribution in [0.2, 0.25) is 0 Å². The Balaban J connectivity index is 2.54. The number of hydrogen-bond donors (Lipinski definition) is 2. The van der Waals surface area contributed by atoms with Crippen LogP contribution in [0.4, 0.5) is 18.9 Å². The van der Waals surface area contributed by atoms with Gasteiger partial charge in [0.2, 0.25) is 0 Å². The summed E-state index contributed by atoms with van der Waals surface area (Å²) in [5.74, 6) is -4.28. The number of anilines is 1. The van der Waals surface area contributed by atoms with E-state index in [2.05, 4.69) is 5.32 Å². The minimum atomic E-state index is -1.26. The van der Waals surface area contributed by atoms with Crippen LogP contribution in [0.25, 0.3) is 0 Å². The van der Waals surface area contributed by atoms with E-state index in [1.165, 1.54) is 0 Å². The Kier molecular flexibility index (Phi) is 4.16. The van der Waals surface area contributed by atoms with Crippen LogP contribution in [0.1, 0.15) is 12.8 Å². The quantitative estimate of drug-likeness (QED) is 0.606. The number of rotatable bonds is 5. The number of halogens is 3. The highest BCUT2D eigenvalue weighted by Gasteiger charge is 2.09. The predicted molar refractivity (Wildman–Crippen MR) is 51.7 cm³/mol. The van der Waals surface area contributed by atoms with Crippen molar-refractivity contribution in [2.45, 2.75) is 12.8 Å². The van der Waals surface area contributed by atoms with Gasteiger partial charge in [0.1, 0.15) is 5.82 Å². The molecule has 1 aromatic carbocycles. The highest BCUT2D eigenvalue weighted by Crippen LogP contribution is 2.18. The van der Waals surface area contributed by atoms with Gasteiger partial charge in [-0.25, -0.2) is 13.2 Å². The number of carboxylic acid groups (broad SMARTS) is 1. The molecule has 0 radical (unpaired) electrons. The van der Waals surface area contributed by atoms with Crippen molar-refractivity contribution >= 4 is 11.7 Å². The molecule has 0 aliphatic heterocycles. The average molecular weight is 233 g/mol. The van der Waals surface area contributed by atoms with Gasteiger partial charge in [0.25, 0.3) is 0 Å². The van der Waals surface area contributed by atoms with Crippen LogP contribution in [-0.4, -0.2) is 17.6 Å². The smallest absolute Gasteiger partial charge is 0.303 e. The van der Waals surface area contributed by atoms with Crippen molar-refractivity contribution in [3.63, 3.8) is 0 Å². The van der Waals surface area contributed by atoms with Gasteiger partial charge in [0.05, 0.1) is 5.69 Å². The van der Waals surface area contributed by atoms with Crippen molar-refractivity contribution in [2.75, 3.05) is 11.9 Å². The maximum atomic E-state index is 13.0. The monoisotopic (exact) mass is 233 g/mol. The Bertz CT molecular complexity index is 396. The molecular formula is C10H10F3NO2. The number of benzene rings is 1. The molecule has 2 N–H and O–H groups in total. The van der Waals surface area contributed by atoms with E-state index in [9.17, 15) is 18.0 Å². The van der Waals surface area contributed by atoms with Crippen LogP contribution < -0.4 is 5.32 Å². The molecule has 0 spiro atoms. The molecule has 6 heteroatoms. The first-order chi connectivity index (χ1) is 7.50. The molecule has 0 unspecified atom stereocenters. The molecule has 0 amide bonds. The predicted octanol–water partition coefficient (Wildman–Crippen LogP) is 2.38. The van der Waals surface area contributed by atoms with Gasteiger partial charge < -0.3 is 10.4 Å². The second-order valence-corrected chi connectivity index (χ2v) is 3.17. The maximum absolute atomic E-state index is 13.0. The third kappa shape index (κ3) is 3.45. The summed E-state index contributed by atoms with van der Waals surface area (Å²) in [5, 5.41) is 10.8. The lowest BCUT2D eigenvalue weighted by Gasteiger charge is -2.07. The third-order valence-electron chi connectivity index (χ3n) is 1.89. The molecule has 0 saturated heterocycles. The second kappa shape index (κ2) is 5.39. The van der Waals surface area contributed by atoms with Crippen molar-refractivity contribution in [1.82, 2.24) is 0 Å². The van der Waals surface area contributed by atoms with E-state index in [0.29, 0.717) is 12.1 Å². The zero-order valence-corrected chi connectivity index (χ0v) is 8.27. The Morgan fingerprint density at radius 3 is 2.44 bits per heavy atom. The van der Waals surface area contributed by atoms with Crippen LogP contribution in [0.15, 0.2) is 12.1 Å². The highest BCUT2D eigenvalue weighted by atomic mass is 19.2. The Hall–Kier alpha value is -1.72. The molecular weight excluding hydrogens is 223 g/mol. The Morgan fingerprint density at radius 1 is 1.19 bits per heavy atom. The summed E-state index contributed by atoms with van der Waals surface area (Å²) >= 11 is 0. The van der Waals surface area contributed by atoms with Crippen molar-refractivity contribution in [3.05, 3.63) is 29.6 Å². The molecule has 0 aliphatic carbocycles. The normalized spacial score (nSPS) is 10.2. The van der Waals surface area contributed by atoms with Gasteiger partial charge in [-0.3, -0.25) is 4.79 Å². The van der Waals surface area contributed by atoms with Gasteiger partial charge in [0, 0.05) is 25.1 Å². The van der Waals surface area contributed by atoms with Gasteiger partial charge in [0.15, 0.2) is 11.6 Å². The number of nitrogens with one attached hydrogen (secondary N) is 1. The van der Waals surface area contributed by atoms with Gasteiger partial charge in [-0.2, -0.15) is 0 Å². The van der Waals surface area contributed by atoms with E-state index in [4.69, 9.17) is 5.11 Å². The van der Waals surface area contributed by atoms with Gasteiger partial charge in [-0.1, -0.05) is 0 Å². The lowest BCUT2D eigenvalue weighted by atomic mass is 10.2. The average Bonchev–Trinajstić information content (AvgIpc) is 2.19. The lowest BCUT2D eigenvalue weighted by Crippen LogP contribution is -2.07. The fraction of sp³-hybridized carbons (Fsp3) is 0.300. The van der Waals surface area contributed by atoms with E-state index in [0.717, 1.165) is 0 Å². The van der Waals surface area contributed by atoms with Crippen molar-refractivity contribution in [2.24, 2.45) is 0 Å². The first-order valence-electron chi connectivity index (χ1n) is 4.61. The number of carbonyl (C=O) groups is 1. The molecule has 0 fully saturated rings. The summed E-state index contributed by atoms with van der Waals surface area (Å²) in [5.41, 5.74) is -0.177. The molecule has 1 aromatic rings. The molecule has 0 bridgehead atoms. The fourth-order valence-corrected chi connectivity index (χ4v) is 1.12. The van der Waals surface area contributed by atoms with Crippen molar-refractivity contribution in [3.8, 4) is 0 Å². The van der Waals surface area contributed by atoms with Gasteiger partial charge >= 0.3 is 5.97 Å². The highest BCUT2D eigenvalue weighted by molar-refractivity contribution is 5.66. The summed E-state index contributed by atoms with van der Waals surface area (Å²) in [6.45, 7) is 0.175.